The first-order valence-electron chi connectivity index (χ1n) is 10.1. The number of aromatic nitrogens is 2. The Balaban J connectivity index is 1.77. The molecule has 0 saturated heterocycles. The number of benzene rings is 3. The highest BCUT2D eigenvalue weighted by Crippen LogP contribution is 2.41. The fourth-order valence-electron chi connectivity index (χ4n) is 3.90. The van der Waals surface area contributed by atoms with Crippen molar-refractivity contribution in [2.75, 3.05) is 0 Å². The maximum absolute atomic E-state index is 6.86. The van der Waals surface area contributed by atoms with Crippen LogP contribution in [0, 0.1) is 0 Å². The van der Waals surface area contributed by atoms with Crippen molar-refractivity contribution < 1.29 is 4.74 Å². The number of nitrogens with zero attached hydrogens (tertiary/aromatic N) is 2. The van der Waals surface area contributed by atoms with Crippen molar-refractivity contribution in [1.29, 1.82) is 0 Å². The SMILES string of the molecule is Clc1cnc2ccc(OC(c3ccccc3)(c3ccccc3)c3ccccc3)nc2c1Br. The molecule has 0 atom stereocenters. The summed E-state index contributed by atoms with van der Waals surface area (Å²) in [6, 6.07) is 34.3. The quantitative estimate of drug-likeness (QED) is 0.235. The van der Waals surface area contributed by atoms with Gasteiger partial charge in [-0.25, -0.2) is 4.98 Å². The molecule has 5 aromatic rings. The number of hydrogen-bond acceptors (Lipinski definition) is 3. The van der Waals surface area contributed by atoms with Crippen LogP contribution in [-0.2, 0) is 5.60 Å². The van der Waals surface area contributed by atoms with Crippen LogP contribution in [0.5, 0.6) is 5.88 Å². The summed E-state index contributed by atoms with van der Waals surface area (Å²) in [4.78, 5) is 9.15. The zero-order chi connectivity index (χ0) is 22.0. The van der Waals surface area contributed by atoms with Crippen molar-refractivity contribution in [2.24, 2.45) is 0 Å². The topological polar surface area (TPSA) is 35.0 Å². The van der Waals surface area contributed by atoms with Crippen molar-refractivity contribution in [3.8, 4) is 5.88 Å². The Morgan fingerprint density at radius 1 is 0.688 bits per heavy atom. The monoisotopic (exact) mass is 500 g/mol. The second-order valence-corrected chi connectivity index (χ2v) is 8.52. The van der Waals surface area contributed by atoms with Crippen LogP contribution in [0.2, 0.25) is 5.02 Å². The summed E-state index contributed by atoms with van der Waals surface area (Å²) in [6.45, 7) is 0. The van der Waals surface area contributed by atoms with Gasteiger partial charge in [-0.15, -0.1) is 0 Å². The van der Waals surface area contributed by atoms with E-state index in [2.05, 4.69) is 57.3 Å². The Morgan fingerprint density at radius 2 is 1.19 bits per heavy atom. The number of fused-ring (bicyclic) bond motifs is 1. The zero-order valence-electron chi connectivity index (χ0n) is 17.0. The molecule has 0 fully saturated rings. The van der Waals surface area contributed by atoms with Crippen molar-refractivity contribution in [3.05, 3.63) is 136 Å². The molecule has 0 saturated carbocycles. The largest absolute Gasteiger partial charge is 0.456 e. The van der Waals surface area contributed by atoms with Crippen LogP contribution < -0.4 is 4.74 Å². The van der Waals surface area contributed by atoms with E-state index in [-0.39, 0.29) is 0 Å². The molecule has 5 rings (SSSR count). The summed E-state index contributed by atoms with van der Waals surface area (Å²) in [6.07, 6.45) is 1.61. The molecule has 0 aliphatic rings. The second-order valence-electron chi connectivity index (χ2n) is 7.32. The average molecular weight is 502 g/mol. The lowest BCUT2D eigenvalue weighted by Gasteiger charge is -2.35. The van der Waals surface area contributed by atoms with Gasteiger partial charge in [0.15, 0.2) is 5.60 Å². The molecule has 0 amide bonds. The van der Waals surface area contributed by atoms with E-state index >= 15 is 0 Å². The van der Waals surface area contributed by atoms with E-state index in [0.717, 1.165) is 22.2 Å². The maximum Gasteiger partial charge on any atom is 0.215 e. The molecule has 0 aliphatic carbocycles. The summed E-state index contributed by atoms with van der Waals surface area (Å²) in [5, 5.41) is 0.502. The summed E-state index contributed by atoms with van der Waals surface area (Å²) in [5.74, 6) is 0.471. The predicted octanol–water partition coefficient (Wildman–Crippen LogP) is 7.42. The first-order chi connectivity index (χ1) is 15.7. The standard InChI is InChI=1S/C27H18BrClN2O/c28-25-22(29)18-30-23-16-17-24(31-26(23)25)32-27(19-10-4-1-5-11-19,20-12-6-2-7-13-20)21-14-8-3-9-15-21/h1-18H. The lowest BCUT2D eigenvalue weighted by Crippen LogP contribution is -2.36. The lowest BCUT2D eigenvalue weighted by atomic mass is 9.80. The van der Waals surface area contributed by atoms with Crippen LogP contribution in [0.25, 0.3) is 11.0 Å². The summed E-state index contributed by atoms with van der Waals surface area (Å²) >= 11 is 9.81. The molecule has 5 heteroatoms. The minimum Gasteiger partial charge on any atom is -0.456 e. The Bertz CT molecular complexity index is 1270. The fourth-order valence-corrected chi connectivity index (χ4v) is 4.44. The van der Waals surface area contributed by atoms with Crippen LogP contribution >= 0.6 is 27.5 Å². The third kappa shape index (κ3) is 3.66. The predicted molar refractivity (Wildman–Crippen MR) is 132 cm³/mol. The first-order valence-corrected chi connectivity index (χ1v) is 11.3. The van der Waals surface area contributed by atoms with Gasteiger partial charge in [0.25, 0.3) is 0 Å². The van der Waals surface area contributed by atoms with Gasteiger partial charge in [-0.1, -0.05) is 103 Å². The minimum absolute atomic E-state index is 0.471. The van der Waals surface area contributed by atoms with Crippen LogP contribution in [0.4, 0.5) is 0 Å². The normalized spacial score (nSPS) is 11.4. The number of ether oxygens (including phenoxy) is 1. The van der Waals surface area contributed by atoms with Crippen LogP contribution in [-0.4, -0.2) is 9.97 Å². The van der Waals surface area contributed by atoms with E-state index in [4.69, 9.17) is 21.3 Å². The Hall–Kier alpha value is -3.21. The molecule has 0 spiro atoms. The van der Waals surface area contributed by atoms with Gasteiger partial charge in [0.2, 0.25) is 5.88 Å². The Labute approximate surface area is 199 Å². The van der Waals surface area contributed by atoms with Gasteiger partial charge in [0.05, 0.1) is 15.0 Å². The zero-order valence-corrected chi connectivity index (χ0v) is 19.3. The molecule has 0 N–H and O–H groups in total. The van der Waals surface area contributed by atoms with Gasteiger partial charge in [-0.05, 0) is 22.0 Å². The highest BCUT2D eigenvalue weighted by Gasteiger charge is 2.39. The van der Waals surface area contributed by atoms with Gasteiger partial charge >= 0.3 is 0 Å². The van der Waals surface area contributed by atoms with E-state index in [1.54, 1.807) is 6.20 Å². The third-order valence-corrected chi connectivity index (χ3v) is 6.70. The van der Waals surface area contributed by atoms with E-state index in [9.17, 15) is 0 Å². The molecule has 3 nitrogen and oxygen atoms in total. The Morgan fingerprint density at radius 3 is 1.69 bits per heavy atom. The molecular weight excluding hydrogens is 484 g/mol. The number of hydrogen-bond donors (Lipinski definition) is 0. The van der Waals surface area contributed by atoms with Crippen molar-refractivity contribution in [1.82, 2.24) is 9.97 Å². The van der Waals surface area contributed by atoms with Gasteiger partial charge in [0, 0.05) is 29.0 Å². The lowest BCUT2D eigenvalue weighted by molar-refractivity contribution is 0.148. The smallest absolute Gasteiger partial charge is 0.215 e. The van der Waals surface area contributed by atoms with E-state index in [0.29, 0.717) is 20.9 Å². The molecule has 2 heterocycles. The molecule has 0 aliphatic heterocycles. The summed E-state index contributed by atoms with van der Waals surface area (Å²) < 4.78 is 7.55. The van der Waals surface area contributed by atoms with E-state index in [1.807, 2.05) is 66.7 Å². The molecule has 32 heavy (non-hydrogen) atoms. The highest BCUT2D eigenvalue weighted by atomic mass is 79.9. The maximum atomic E-state index is 6.86. The van der Waals surface area contributed by atoms with Crippen molar-refractivity contribution in [3.63, 3.8) is 0 Å². The molecular formula is C27H18BrClN2O. The molecule has 0 unspecified atom stereocenters. The van der Waals surface area contributed by atoms with Crippen molar-refractivity contribution in [2.45, 2.75) is 5.60 Å². The molecule has 0 bridgehead atoms. The first kappa shape index (κ1) is 20.7. The Kier molecular flexibility index (Phi) is 5.64. The van der Waals surface area contributed by atoms with Gasteiger partial charge in [0.1, 0.15) is 5.52 Å². The van der Waals surface area contributed by atoms with Crippen LogP contribution in [0.3, 0.4) is 0 Å². The van der Waals surface area contributed by atoms with Gasteiger partial charge < -0.3 is 4.74 Å². The highest BCUT2D eigenvalue weighted by molar-refractivity contribution is 9.10. The van der Waals surface area contributed by atoms with Crippen LogP contribution in [0.15, 0.2) is 114 Å². The summed E-state index contributed by atoms with van der Waals surface area (Å²) in [7, 11) is 0. The van der Waals surface area contributed by atoms with Crippen molar-refractivity contribution >= 4 is 38.6 Å². The number of halogens is 2. The number of pyridine rings is 2. The molecule has 3 aromatic carbocycles. The second kappa shape index (κ2) is 8.73. The van der Waals surface area contributed by atoms with Gasteiger partial charge in [-0.2, -0.15) is 0 Å². The van der Waals surface area contributed by atoms with E-state index < -0.39 is 5.60 Å². The third-order valence-electron chi connectivity index (χ3n) is 5.38. The molecule has 2 aromatic heterocycles. The molecule has 0 radical (unpaired) electrons. The summed E-state index contributed by atoms with van der Waals surface area (Å²) in [5.41, 5.74) is 3.49. The average Bonchev–Trinajstić information content (AvgIpc) is 2.87. The van der Waals surface area contributed by atoms with Crippen LogP contribution in [0.1, 0.15) is 16.7 Å². The fraction of sp³-hybridized carbons (Fsp3) is 0.0370. The minimum atomic E-state index is -0.900. The molecule has 156 valence electrons. The van der Waals surface area contributed by atoms with E-state index in [1.165, 1.54) is 0 Å². The number of rotatable bonds is 5. The van der Waals surface area contributed by atoms with Gasteiger partial charge in [-0.3, -0.25) is 4.98 Å².